The average Bonchev–Trinajstić information content (AvgIpc) is 2.83. The van der Waals surface area contributed by atoms with Gasteiger partial charge in [-0.25, -0.2) is 4.98 Å². The fraction of sp³-hybridized carbons (Fsp3) is 0. The minimum absolute atomic E-state index is 0.556. The first-order valence-corrected chi connectivity index (χ1v) is 5.78. The maximum Gasteiger partial charge on any atom is 0.140 e. The van der Waals surface area contributed by atoms with Crippen LogP contribution in [0.3, 0.4) is 0 Å². The van der Waals surface area contributed by atoms with Gasteiger partial charge in [-0.2, -0.15) is 0 Å². The van der Waals surface area contributed by atoms with Crippen molar-refractivity contribution in [1.82, 2.24) is 9.97 Å². The van der Waals surface area contributed by atoms with Crippen molar-refractivity contribution in [3.63, 3.8) is 0 Å². The molecule has 3 rings (SSSR count). The smallest absolute Gasteiger partial charge is 0.140 e. The summed E-state index contributed by atoms with van der Waals surface area (Å²) in [5, 5.41) is 4.54. The van der Waals surface area contributed by atoms with E-state index < -0.39 is 0 Å². The number of aromatic amines is 1. The molecule has 2 heterocycles. The molecule has 4 heteroatoms. The molecule has 0 amide bonds. The highest BCUT2D eigenvalue weighted by Gasteiger charge is 2.08. The fourth-order valence-electron chi connectivity index (χ4n) is 1.63. The van der Waals surface area contributed by atoms with Crippen LogP contribution < -0.4 is 0 Å². The lowest BCUT2D eigenvalue weighted by molar-refractivity contribution is 1.41. The Bertz CT molecular complexity index is 612. The second-order valence-corrected chi connectivity index (χ2v) is 4.47. The van der Waals surface area contributed by atoms with E-state index >= 15 is 0 Å². The average molecular weight is 235 g/mol. The largest absolute Gasteiger partial charge is 0.360 e. The summed E-state index contributed by atoms with van der Waals surface area (Å²) in [5.74, 6) is 0. The number of fused-ring (bicyclic) bond motifs is 1. The van der Waals surface area contributed by atoms with Crippen molar-refractivity contribution in [2.75, 3.05) is 0 Å². The number of hydrogen-bond acceptors (Lipinski definition) is 2. The third-order valence-corrected chi connectivity index (χ3v) is 3.49. The zero-order valence-corrected chi connectivity index (χ0v) is 9.27. The number of halogens is 1. The normalized spacial score (nSPS) is 11.0. The van der Waals surface area contributed by atoms with E-state index in [4.69, 9.17) is 11.6 Å². The molecule has 0 aliphatic carbocycles. The predicted molar refractivity (Wildman–Crippen MR) is 64.4 cm³/mol. The van der Waals surface area contributed by atoms with Gasteiger partial charge >= 0.3 is 0 Å². The molecule has 0 atom stereocenters. The van der Waals surface area contributed by atoms with E-state index in [0.29, 0.717) is 5.15 Å². The Balaban J connectivity index is 2.27. The highest BCUT2D eigenvalue weighted by atomic mass is 35.5. The van der Waals surface area contributed by atoms with Crippen molar-refractivity contribution in [2.45, 2.75) is 0 Å². The molecule has 0 radical (unpaired) electrons. The van der Waals surface area contributed by atoms with Gasteiger partial charge in [0.2, 0.25) is 0 Å². The standard InChI is InChI=1S/C11H7ClN2S/c12-10-6-15-11(14-10)8-5-13-9-4-2-1-3-7(8)9/h1-6,13H. The summed E-state index contributed by atoms with van der Waals surface area (Å²) in [6.45, 7) is 0. The summed E-state index contributed by atoms with van der Waals surface area (Å²) in [5.41, 5.74) is 2.24. The number of hydrogen-bond donors (Lipinski definition) is 1. The summed E-state index contributed by atoms with van der Waals surface area (Å²) in [6.07, 6.45) is 1.97. The Morgan fingerprint density at radius 3 is 2.93 bits per heavy atom. The van der Waals surface area contributed by atoms with Gasteiger partial charge < -0.3 is 4.98 Å². The van der Waals surface area contributed by atoms with Crippen molar-refractivity contribution >= 4 is 33.8 Å². The summed E-state index contributed by atoms with van der Waals surface area (Å²) in [7, 11) is 0. The molecule has 3 aromatic rings. The van der Waals surface area contributed by atoms with E-state index in [1.165, 1.54) is 5.39 Å². The van der Waals surface area contributed by atoms with Crippen LogP contribution in [0.2, 0.25) is 5.15 Å². The number of rotatable bonds is 1. The SMILES string of the molecule is Clc1csc(-c2c[nH]c3ccccc23)n1. The molecule has 0 bridgehead atoms. The number of thiazole rings is 1. The molecule has 0 saturated carbocycles. The Hall–Kier alpha value is -1.32. The molecule has 1 N–H and O–H groups in total. The molecular weight excluding hydrogens is 228 g/mol. The molecule has 0 aliphatic heterocycles. The van der Waals surface area contributed by atoms with Gasteiger partial charge in [0.25, 0.3) is 0 Å². The number of para-hydroxylation sites is 1. The molecule has 2 aromatic heterocycles. The maximum atomic E-state index is 5.82. The van der Waals surface area contributed by atoms with Crippen LogP contribution in [0.1, 0.15) is 0 Å². The first-order valence-electron chi connectivity index (χ1n) is 4.52. The molecule has 0 aliphatic rings. The molecule has 0 unspecified atom stereocenters. The van der Waals surface area contributed by atoms with Gasteiger partial charge in [0.1, 0.15) is 10.2 Å². The fourth-order valence-corrected chi connectivity index (χ4v) is 2.60. The van der Waals surface area contributed by atoms with Gasteiger partial charge in [0, 0.05) is 28.0 Å². The quantitative estimate of drug-likeness (QED) is 0.679. The Morgan fingerprint density at radius 1 is 1.27 bits per heavy atom. The van der Waals surface area contributed by atoms with Crippen molar-refractivity contribution < 1.29 is 0 Å². The topological polar surface area (TPSA) is 28.7 Å². The van der Waals surface area contributed by atoms with Crippen LogP contribution in [0.4, 0.5) is 0 Å². The van der Waals surface area contributed by atoms with Crippen LogP contribution in [-0.2, 0) is 0 Å². The minimum atomic E-state index is 0.556. The zero-order chi connectivity index (χ0) is 10.3. The molecule has 0 fully saturated rings. The third kappa shape index (κ3) is 1.44. The molecule has 2 nitrogen and oxygen atoms in total. The van der Waals surface area contributed by atoms with Gasteiger partial charge in [0.15, 0.2) is 0 Å². The molecule has 74 valence electrons. The van der Waals surface area contributed by atoms with E-state index in [1.54, 1.807) is 11.3 Å². The van der Waals surface area contributed by atoms with Crippen LogP contribution in [0.15, 0.2) is 35.8 Å². The number of H-pyrrole nitrogens is 1. The van der Waals surface area contributed by atoms with Gasteiger partial charge in [-0.05, 0) is 6.07 Å². The molecular formula is C11H7ClN2S. The first kappa shape index (κ1) is 8.95. The highest BCUT2D eigenvalue weighted by molar-refractivity contribution is 7.13. The molecule has 0 spiro atoms. The van der Waals surface area contributed by atoms with E-state index in [2.05, 4.69) is 16.0 Å². The van der Waals surface area contributed by atoms with Gasteiger partial charge in [0.05, 0.1) is 0 Å². The molecule has 15 heavy (non-hydrogen) atoms. The van der Waals surface area contributed by atoms with Crippen LogP contribution in [-0.4, -0.2) is 9.97 Å². The van der Waals surface area contributed by atoms with E-state index in [-0.39, 0.29) is 0 Å². The Morgan fingerprint density at radius 2 is 2.13 bits per heavy atom. The number of benzene rings is 1. The second kappa shape index (κ2) is 3.36. The minimum Gasteiger partial charge on any atom is -0.360 e. The Labute approximate surface area is 95.5 Å². The van der Waals surface area contributed by atoms with Gasteiger partial charge in [-0.3, -0.25) is 0 Å². The summed E-state index contributed by atoms with van der Waals surface area (Å²) in [4.78, 5) is 7.49. The lowest BCUT2D eigenvalue weighted by Gasteiger charge is -1.92. The molecule has 1 aromatic carbocycles. The van der Waals surface area contributed by atoms with Crippen LogP contribution >= 0.6 is 22.9 Å². The van der Waals surface area contributed by atoms with Gasteiger partial charge in [-0.15, -0.1) is 11.3 Å². The Kier molecular flexibility index (Phi) is 2.01. The van der Waals surface area contributed by atoms with Crippen molar-refractivity contribution in [1.29, 1.82) is 0 Å². The third-order valence-electron chi connectivity index (χ3n) is 2.30. The highest BCUT2D eigenvalue weighted by Crippen LogP contribution is 2.31. The van der Waals surface area contributed by atoms with E-state index in [9.17, 15) is 0 Å². The maximum absolute atomic E-state index is 5.82. The van der Waals surface area contributed by atoms with Crippen molar-refractivity contribution in [3.8, 4) is 10.6 Å². The summed E-state index contributed by atoms with van der Waals surface area (Å²) >= 11 is 7.38. The zero-order valence-electron chi connectivity index (χ0n) is 7.70. The van der Waals surface area contributed by atoms with Gasteiger partial charge in [-0.1, -0.05) is 29.8 Å². The van der Waals surface area contributed by atoms with Crippen molar-refractivity contribution in [3.05, 3.63) is 41.0 Å². The van der Waals surface area contributed by atoms with E-state index in [0.717, 1.165) is 16.1 Å². The summed E-state index contributed by atoms with van der Waals surface area (Å²) in [6, 6.07) is 8.16. The monoisotopic (exact) mass is 234 g/mol. The van der Waals surface area contributed by atoms with Crippen LogP contribution in [0, 0.1) is 0 Å². The van der Waals surface area contributed by atoms with Crippen LogP contribution in [0.25, 0.3) is 21.5 Å². The number of nitrogens with one attached hydrogen (secondary N) is 1. The second-order valence-electron chi connectivity index (χ2n) is 3.22. The first-order chi connectivity index (χ1) is 7.34. The van der Waals surface area contributed by atoms with Crippen LogP contribution in [0.5, 0.6) is 0 Å². The predicted octanol–water partition coefficient (Wildman–Crippen LogP) is 3.94. The summed E-state index contributed by atoms with van der Waals surface area (Å²) < 4.78 is 0. The lowest BCUT2D eigenvalue weighted by atomic mass is 10.2. The molecule has 0 saturated heterocycles. The number of nitrogens with zero attached hydrogens (tertiary/aromatic N) is 1. The van der Waals surface area contributed by atoms with E-state index in [1.807, 2.05) is 29.8 Å². The number of aromatic nitrogens is 2. The van der Waals surface area contributed by atoms with Crippen molar-refractivity contribution in [2.24, 2.45) is 0 Å². The lowest BCUT2D eigenvalue weighted by Crippen LogP contribution is -1.72.